The summed E-state index contributed by atoms with van der Waals surface area (Å²) in [6.07, 6.45) is 0. The van der Waals surface area contributed by atoms with Crippen LogP contribution in [-0.2, 0) is 10.0 Å². The van der Waals surface area contributed by atoms with Gasteiger partial charge in [0.05, 0.1) is 18.1 Å². The zero-order valence-electron chi connectivity index (χ0n) is 10.5. The summed E-state index contributed by atoms with van der Waals surface area (Å²) in [5.41, 5.74) is 5.75. The molecule has 0 aliphatic rings. The summed E-state index contributed by atoms with van der Waals surface area (Å²) in [6, 6.07) is 2.04. The number of sulfonamides is 1. The van der Waals surface area contributed by atoms with Gasteiger partial charge in [0.25, 0.3) is 0 Å². The maximum atomic E-state index is 13.5. The molecule has 0 aliphatic heterocycles. The van der Waals surface area contributed by atoms with Crippen LogP contribution in [0.2, 0.25) is 0 Å². The van der Waals surface area contributed by atoms with E-state index in [9.17, 15) is 12.8 Å². The highest BCUT2D eigenvalue weighted by atomic mass is 32.2. The van der Waals surface area contributed by atoms with E-state index in [1.165, 1.54) is 6.92 Å². The fourth-order valence-electron chi connectivity index (χ4n) is 1.55. The van der Waals surface area contributed by atoms with E-state index in [0.717, 1.165) is 16.4 Å². The van der Waals surface area contributed by atoms with Crippen LogP contribution in [0, 0.1) is 12.7 Å². The van der Waals surface area contributed by atoms with Crippen molar-refractivity contribution in [3.8, 4) is 0 Å². The lowest BCUT2D eigenvalue weighted by Crippen LogP contribution is -2.36. The normalized spacial score (nSPS) is 12.1. The van der Waals surface area contributed by atoms with E-state index in [4.69, 9.17) is 15.9 Å². The van der Waals surface area contributed by atoms with Gasteiger partial charge in [-0.25, -0.2) is 12.8 Å². The molecular formula is C11H17FN2O4S. The molecule has 0 atom stereocenters. The SMILES string of the molecule is Cc1c(N)cc(S(=O)(=O)N(CCO)CCO)cc1F. The Labute approximate surface area is 111 Å². The van der Waals surface area contributed by atoms with E-state index in [-0.39, 0.29) is 29.2 Å². The van der Waals surface area contributed by atoms with Gasteiger partial charge in [-0.2, -0.15) is 4.31 Å². The van der Waals surface area contributed by atoms with Crippen molar-refractivity contribution in [1.82, 2.24) is 4.31 Å². The van der Waals surface area contributed by atoms with Crippen LogP contribution in [-0.4, -0.2) is 49.2 Å². The Hall–Kier alpha value is -1.22. The molecule has 0 saturated heterocycles. The average Bonchev–Trinajstić information content (AvgIpc) is 2.35. The van der Waals surface area contributed by atoms with Gasteiger partial charge in [-0.15, -0.1) is 0 Å². The molecule has 0 aliphatic carbocycles. The van der Waals surface area contributed by atoms with Crippen LogP contribution in [0.5, 0.6) is 0 Å². The molecule has 6 nitrogen and oxygen atoms in total. The number of hydrogen-bond acceptors (Lipinski definition) is 5. The van der Waals surface area contributed by atoms with E-state index in [2.05, 4.69) is 0 Å². The molecule has 1 rings (SSSR count). The molecule has 0 spiro atoms. The van der Waals surface area contributed by atoms with E-state index < -0.39 is 29.1 Å². The third-order valence-electron chi connectivity index (χ3n) is 2.69. The van der Waals surface area contributed by atoms with Crippen LogP contribution >= 0.6 is 0 Å². The zero-order valence-corrected chi connectivity index (χ0v) is 11.3. The minimum Gasteiger partial charge on any atom is -0.398 e. The summed E-state index contributed by atoms with van der Waals surface area (Å²) < 4.78 is 38.8. The molecule has 108 valence electrons. The largest absolute Gasteiger partial charge is 0.398 e. The molecule has 0 bridgehead atoms. The molecule has 8 heteroatoms. The summed E-state index contributed by atoms with van der Waals surface area (Å²) in [5, 5.41) is 17.7. The monoisotopic (exact) mass is 292 g/mol. The van der Waals surface area contributed by atoms with Crippen molar-refractivity contribution < 1.29 is 23.0 Å². The first kappa shape index (κ1) is 15.8. The molecular weight excluding hydrogens is 275 g/mol. The number of benzene rings is 1. The van der Waals surface area contributed by atoms with Crippen molar-refractivity contribution in [3.63, 3.8) is 0 Å². The number of aliphatic hydroxyl groups excluding tert-OH is 2. The Morgan fingerprint density at radius 2 is 1.79 bits per heavy atom. The van der Waals surface area contributed by atoms with Crippen molar-refractivity contribution >= 4 is 15.7 Å². The number of nitrogen functional groups attached to an aromatic ring is 1. The minimum atomic E-state index is -3.99. The first-order chi connectivity index (χ1) is 8.84. The molecule has 0 fully saturated rings. The third-order valence-corrected chi connectivity index (χ3v) is 4.57. The lowest BCUT2D eigenvalue weighted by Gasteiger charge is -2.20. The van der Waals surface area contributed by atoms with Crippen LogP contribution in [0.15, 0.2) is 17.0 Å². The predicted molar refractivity (Wildman–Crippen MR) is 68.5 cm³/mol. The Morgan fingerprint density at radius 3 is 2.21 bits per heavy atom. The van der Waals surface area contributed by atoms with Gasteiger partial charge in [0.15, 0.2) is 0 Å². The molecule has 1 aromatic carbocycles. The summed E-state index contributed by atoms with van der Waals surface area (Å²) in [6.45, 7) is 0.281. The van der Waals surface area contributed by atoms with Gasteiger partial charge in [-0.3, -0.25) is 0 Å². The van der Waals surface area contributed by atoms with Gasteiger partial charge in [0.1, 0.15) is 5.82 Å². The van der Waals surface area contributed by atoms with Crippen LogP contribution in [0.4, 0.5) is 10.1 Å². The van der Waals surface area contributed by atoms with Gasteiger partial charge in [-0.05, 0) is 19.1 Å². The lowest BCUT2D eigenvalue weighted by atomic mass is 10.2. The highest BCUT2D eigenvalue weighted by Crippen LogP contribution is 2.23. The molecule has 0 radical (unpaired) electrons. The second kappa shape index (κ2) is 6.29. The van der Waals surface area contributed by atoms with Gasteiger partial charge < -0.3 is 15.9 Å². The number of nitrogens with zero attached hydrogens (tertiary/aromatic N) is 1. The molecule has 0 heterocycles. The highest BCUT2D eigenvalue weighted by Gasteiger charge is 2.25. The molecule has 19 heavy (non-hydrogen) atoms. The molecule has 0 unspecified atom stereocenters. The molecule has 0 saturated carbocycles. The number of anilines is 1. The molecule has 0 aromatic heterocycles. The Kier molecular flexibility index (Phi) is 5.24. The van der Waals surface area contributed by atoms with E-state index in [1.807, 2.05) is 0 Å². The first-order valence-corrected chi connectivity index (χ1v) is 7.06. The Bertz CT molecular complexity index is 519. The predicted octanol–water partition coefficient (Wildman–Crippen LogP) is -0.308. The number of rotatable bonds is 6. The second-order valence-electron chi connectivity index (χ2n) is 3.97. The topological polar surface area (TPSA) is 104 Å². The fraction of sp³-hybridized carbons (Fsp3) is 0.455. The van der Waals surface area contributed by atoms with Crippen LogP contribution in [0.3, 0.4) is 0 Å². The summed E-state index contributed by atoms with van der Waals surface area (Å²) in [4.78, 5) is -0.296. The fourth-order valence-corrected chi connectivity index (χ4v) is 3.02. The van der Waals surface area contributed by atoms with E-state index >= 15 is 0 Å². The quantitative estimate of drug-likeness (QED) is 0.624. The summed E-state index contributed by atoms with van der Waals surface area (Å²) in [5.74, 6) is -0.716. The van der Waals surface area contributed by atoms with Gasteiger partial charge in [-0.1, -0.05) is 0 Å². The van der Waals surface area contributed by atoms with Crippen molar-refractivity contribution in [1.29, 1.82) is 0 Å². The summed E-state index contributed by atoms with van der Waals surface area (Å²) in [7, 11) is -3.99. The van der Waals surface area contributed by atoms with Crippen molar-refractivity contribution in [2.45, 2.75) is 11.8 Å². The Balaban J connectivity index is 3.25. The minimum absolute atomic E-state index is 0.0338. The second-order valence-corrected chi connectivity index (χ2v) is 5.91. The average molecular weight is 292 g/mol. The van der Waals surface area contributed by atoms with E-state index in [0.29, 0.717) is 0 Å². The van der Waals surface area contributed by atoms with Gasteiger partial charge in [0.2, 0.25) is 10.0 Å². The number of hydrogen-bond donors (Lipinski definition) is 3. The number of aliphatic hydroxyl groups is 2. The molecule has 4 N–H and O–H groups in total. The zero-order chi connectivity index (χ0) is 14.6. The lowest BCUT2D eigenvalue weighted by molar-refractivity contribution is 0.217. The van der Waals surface area contributed by atoms with Crippen LogP contribution < -0.4 is 5.73 Å². The Morgan fingerprint density at radius 1 is 1.26 bits per heavy atom. The number of nitrogens with two attached hydrogens (primary N) is 1. The number of halogens is 1. The first-order valence-electron chi connectivity index (χ1n) is 5.62. The van der Waals surface area contributed by atoms with Crippen molar-refractivity contribution in [2.75, 3.05) is 32.0 Å². The van der Waals surface area contributed by atoms with Crippen LogP contribution in [0.25, 0.3) is 0 Å². The van der Waals surface area contributed by atoms with Gasteiger partial charge >= 0.3 is 0 Å². The highest BCUT2D eigenvalue weighted by molar-refractivity contribution is 7.89. The summed E-state index contributed by atoms with van der Waals surface area (Å²) >= 11 is 0. The maximum absolute atomic E-state index is 13.5. The van der Waals surface area contributed by atoms with E-state index in [1.54, 1.807) is 0 Å². The maximum Gasteiger partial charge on any atom is 0.243 e. The molecule has 0 amide bonds. The van der Waals surface area contributed by atoms with Crippen LogP contribution in [0.1, 0.15) is 5.56 Å². The standard InChI is InChI=1S/C11H17FN2O4S/c1-8-10(12)6-9(7-11(8)13)19(17,18)14(2-4-15)3-5-16/h6-7,15-16H,2-5,13H2,1H3. The van der Waals surface area contributed by atoms with Gasteiger partial charge in [0, 0.05) is 24.3 Å². The third kappa shape index (κ3) is 3.41. The molecule has 1 aromatic rings. The van der Waals surface area contributed by atoms with Crippen molar-refractivity contribution in [2.24, 2.45) is 0 Å². The smallest absolute Gasteiger partial charge is 0.243 e. The van der Waals surface area contributed by atoms with Crippen molar-refractivity contribution in [3.05, 3.63) is 23.5 Å².